The van der Waals surface area contributed by atoms with E-state index >= 15 is 0 Å². The van der Waals surface area contributed by atoms with Crippen molar-refractivity contribution in [3.05, 3.63) is 11.8 Å². The van der Waals surface area contributed by atoms with Gasteiger partial charge in [-0.3, -0.25) is 9.82 Å². The van der Waals surface area contributed by atoms with Gasteiger partial charge < -0.3 is 0 Å². The van der Waals surface area contributed by atoms with E-state index in [2.05, 4.69) is 10.2 Å². The average molecular weight is 190 g/mol. The third-order valence-corrected chi connectivity index (χ3v) is 1.75. The first-order valence-electron chi connectivity index (χ1n) is 3.36. The minimum absolute atomic E-state index is 0.217. The van der Waals surface area contributed by atoms with Crippen molar-refractivity contribution >= 4 is 16.0 Å². The van der Waals surface area contributed by atoms with E-state index in [-0.39, 0.29) is 5.82 Å². The van der Waals surface area contributed by atoms with Crippen molar-refractivity contribution in [2.45, 2.75) is 13.3 Å². The summed E-state index contributed by atoms with van der Waals surface area (Å²) in [6, 6.07) is 1.59. The zero-order valence-electron chi connectivity index (χ0n) is 6.53. The average Bonchev–Trinajstić information content (AvgIpc) is 2.32. The first kappa shape index (κ1) is 9.01. The molecule has 0 saturated heterocycles. The van der Waals surface area contributed by atoms with Gasteiger partial charge in [-0.15, -0.1) is 0 Å². The summed E-state index contributed by atoms with van der Waals surface area (Å²) in [4.78, 5) is 0. The number of nitrogens with one attached hydrogen (secondary N) is 2. The van der Waals surface area contributed by atoms with Gasteiger partial charge in [0.2, 0.25) is 0 Å². The van der Waals surface area contributed by atoms with E-state index in [9.17, 15) is 8.42 Å². The smallest absolute Gasteiger partial charge is 0.280 e. The quantitative estimate of drug-likeness (QED) is 0.603. The number of hydrogen-bond acceptors (Lipinski definition) is 3. The molecule has 0 spiro atoms. The minimum Gasteiger partial charge on any atom is -0.280 e. The van der Waals surface area contributed by atoms with Gasteiger partial charge in [0.1, 0.15) is 0 Å². The van der Waals surface area contributed by atoms with Crippen LogP contribution in [0.4, 0.5) is 5.82 Å². The highest BCUT2D eigenvalue weighted by Crippen LogP contribution is 2.05. The van der Waals surface area contributed by atoms with Crippen molar-refractivity contribution in [2.75, 3.05) is 4.72 Å². The number of hydrogen-bond donors (Lipinski definition) is 3. The highest BCUT2D eigenvalue weighted by atomic mass is 32.2. The maximum absolute atomic E-state index is 10.5. The van der Waals surface area contributed by atoms with Gasteiger partial charge in [0, 0.05) is 11.8 Å². The van der Waals surface area contributed by atoms with Crippen LogP contribution < -0.4 is 9.86 Å². The summed E-state index contributed by atoms with van der Waals surface area (Å²) < 4.78 is 23.1. The third kappa shape index (κ3) is 2.51. The van der Waals surface area contributed by atoms with Crippen LogP contribution in [0.2, 0.25) is 0 Å². The molecule has 6 nitrogen and oxygen atoms in total. The second kappa shape index (κ2) is 3.11. The van der Waals surface area contributed by atoms with Crippen LogP contribution in [-0.4, -0.2) is 18.6 Å². The highest BCUT2D eigenvalue weighted by Gasteiger charge is 2.04. The number of aromatic nitrogens is 2. The monoisotopic (exact) mass is 190 g/mol. The van der Waals surface area contributed by atoms with Crippen LogP contribution in [0.1, 0.15) is 12.6 Å². The van der Waals surface area contributed by atoms with E-state index in [1.807, 2.05) is 11.6 Å². The maximum Gasteiger partial charge on any atom is 0.297 e. The summed E-state index contributed by atoms with van der Waals surface area (Å²) in [6.45, 7) is 1.92. The zero-order valence-corrected chi connectivity index (χ0v) is 7.35. The van der Waals surface area contributed by atoms with Gasteiger partial charge in [-0.05, 0) is 6.42 Å². The Hall–Kier alpha value is -1.08. The molecule has 0 fully saturated rings. The number of aryl methyl sites for hydroxylation is 1. The number of H-pyrrole nitrogens is 1. The number of nitrogens with zero attached hydrogens (tertiary/aromatic N) is 1. The van der Waals surface area contributed by atoms with Crippen LogP contribution in [0.25, 0.3) is 0 Å². The Morgan fingerprint density at radius 1 is 1.75 bits per heavy atom. The number of aromatic amines is 1. The molecule has 0 atom stereocenters. The maximum atomic E-state index is 10.5. The van der Waals surface area contributed by atoms with E-state index in [1.165, 1.54) is 0 Å². The molecule has 0 radical (unpaired) electrons. The lowest BCUT2D eigenvalue weighted by atomic mass is 10.3. The molecule has 68 valence electrons. The molecule has 0 saturated carbocycles. The summed E-state index contributed by atoms with van der Waals surface area (Å²) in [5.74, 6) is 0.217. The molecule has 1 aromatic heterocycles. The fraction of sp³-hybridized carbons (Fsp3) is 0.400. The van der Waals surface area contributed by atoms with Crippen LogP contribution in [0, 0.1) is 0 Å². The summed E-state index contributed by atoms with van der Waals surface area (Å²) in [7, 11) is -3.70. The summed E-state index contributed by atoms with van der Waals surface area (Å²) in [5, 5.41) is 11.0. The van der Waals surface area contributed by atoms with Crippen molar-refractivity contribution in [1.29, 1.82) is 0 Å². The lowest BCUT2D eigenvalue weighted by molar-refractivity contribution is 0.602. The molecule has 1 heterocycles. The van der Waals surface area contributed by atoms with Gasteiger partial charge in [0.25, 0.3) is 10.2 Å². The number of rotatable bonds is 3. The van der Waals surface area contributed by atoms with Crippen molar-refractivity contribution in [1.82, 2.24) is 10.2 Å². The SMILES string of the molecule is CCc1cc(NS(N)(=O)=O)n[nH]1. The molecule has 0 aliphatic carbocycles. The summed E-state index contributed by atoms with van der Waals surface area (Å²) in [6.07, 6.45) is 0.763. The van der Waals surface area contributed by atoms with Crippen LogP contribution in [-0.2, 0) is 16.6 Å². The van der Waals surface area contributed by atoms with E-state index < -0.39 is 10.2 Å². The molecule has 0 unspecified atom stereocenters. The van der Waals surface area contributed by atoms with Crippen molar-refractivity contribution < 1.29 is 8.42 Å². The molecule has 1 rings (SSSR count). The molecule has 7 heteroatoms. The predicted octanol–water partition coefficient (Wildman–Crippen LogP) is -0.413. The summed E-state index contributed by atoms with van der Waals surface area (Å²) >= 11 is 0. The third-order valence-electron chi connectivity index (χ3n) is 1.26. The largest absolute Gasteiger partial charge is 0.297 e. The Bertz CT molecular complexity index is 355. The van der Waals surface area contributed by atoms with Gasteiger partial charge >= 0.3 is 0 Å². The molecular weight excluding hydrogens is 180 g/mol. The molecule has 4 N–H and O–H groups in total. The zero-order chi connectivity index (χ0) is 9.19. The van der Waals surface area contributed by atoms with Gasteiger partial charge in [0.05, 0.1) is 0 Å². The van der Waals surface area contributed by atoms with Crippen LogP contribution in [0.3, 0.4) is 0 Å². The number of nitrogens with two attached hydrogens (primary N) is 1. The Morgan fingerprint density at radius 2 is 2.42 bits per heavy atom. The Labute approximate surface area is 70.3 Å². The molecule has 1 aromatic rings. The topological polar surface area (TPSA) is 101 Å². The molecular formula is C5H10N4O2S. The minimum atomic E-state index is -3.70. The van der Waals surface area contributed by atoms with E-state index in [1.54, 1.807) is 6.07 Å². The van der Waals surface area contributed by atoms with E-state index in [4.69, 9.17) is 5.14 Å². The lowest BCUT2D eigenvalue weighted by Crippen LogP contribution is -2.21. The van der Waals surface area contributed by atoms with Crippen LogP contribution in [0.5, 0.6) is 0 Å². The first-order valence-corrected chi connectivity index (χ1v) is 4.90. The Morgan fingerprint density at radius 3 is 2.83 bits per heavy atom. The molecule has 0 aliphatic rings. The fourth-order valence-electron chi connectivity index (χ4n) is 0.741. The molecule has 12 heavy (non-hydrogen) atoms. The van der Waals surface area contributed by atoms with Gasteiger partial charge in [-0.25, -0.2) is 5.14 Å². The highest BCUT2D eigenvalue weighted by molar-refractivity contribution is 7.90. The van der Waals surface area contributed by atoms with Crippen molar-refractivity contribution in [3.63, 3.8) is 0 Å². The Kier molecular flexibility index (Phi) is 2.34. The van der Waals surface area contributed by atoms with Crippen LogP contribution >= 0.6 is 0 Å². The predicted molar refractivity (Wildman–Crippen MR) is 44.7 cm³/mol. The summed E-state index contributed by atoms with van der Waals surface area (Å²) in [5.41, 5.74) is 0.848. The molecule has 0 bridgehead atoms. The standard InChI is InChI=1S/C5H10N4O2S/c1-2-4-3-5(8-7-4)9-12(6,10)11/h3H,2H2,1H3,(H2,6,10,11)(H2,7,8,9). The fourth-order valence-corrected chi connectivity index (χ4v) is 1.14. The van der Waals surface area contributed by atoms with Gasteiger partial charge in [-0.1, -0.05) is 6.92 Å². The van der Waals surface area contributed by atoms with E-state index in [0.717, 1.165) is 12.1 Å². The van der Waals surface area contributed by atoms with E-state index in [0.29, 0.717) is 0 Å². The van der Waals surface area contributed by atoms with Crippen molar-refractivity contribution in [2.24, 2.45) is 5.14 Å². The number of anilines is 1. The first-order chi connectivity index (χ1) is 5.51. The Balaban J connectivity index is 2.78. The van der Waals surface area contributed by atoms with Gasteiger partial charge in [0.15, 0.2) is 5.82 Å². The normalized spacial score (nSPS) is 11.5. The van der Waals surface area contributed by atoms with Crippen LogP contribution in [0.15, 0.2) is 6.07 Å². The lowest BCUT2D eigenvalue weighted by Gasteiger charge is -1.95. The molecule has 0 amide bonds. The van der Waals surface area contributed by atoms with Gasteiger partial charge in [-0.2, -0.15) is 13.5 Å². The second-order valence-corrected chi connectivity index (χ2v) is 3.57. The molecule has 0 aliphatic heterocycles. The van der Waals surface area contributed by atoms with Crippen molar-refractivity contribution in [3.8, 4) is 0 Å². The second-order valence-electron chi connectivity index (χ2n) is 2.28. The molecule has 0 aromatic carbocycles.